The Morgan fingerprint density at radius 2 is 1.29 bits per heavy atom. The second-order valence-electron chi connectivity index (χ2n) is 8.61. The summed E-state index contributed by atoms with van der Waals surface area (Å²) in [6, 6.07) is 22.3. The normalized spacial score (nSPS) is 13.5. The number of carbonyl (C=O) groups excluding carboxylic acids is 1. The number of amides is 1. The third-order valence-corrected chi connectivity index (χ3v) is 6.09. The highest BCUT2D eigenvalue weighted by molar-refractivity contribution is 6.09. The van der Waals surface area contributed by atoms with E-state index in [4.69, 9.17) is 9.98 Å². The van der Waals surface area contributed by atoms with Gasteiger partial charge in [-0.05, 0) is 52.6 Å². The van der Waals surface area contributed by atoms with E-state index >= 15 is 0 Å². The van der Waals surface area contributed by atoms with Crippen molar-refractivity contribution in [1.29, 1.82) is 0 Å². The highest BCUT2D eigenvalue weighted by Crippen LogP contribution is 2.34. The zero-order valence-corrected chi connectivity index (χ0v) is 19.1. The van der Waals surface area contributed by atoms with Crippen molar-refractivity contribution in [3.63, 3.8) is 0 Å². The summed E-state index contributed by atoms with van der Waals surface area (Å²) in [4.78, 5) is 29.5. The van der Waals surface area contributed by atoms with Crippen LogP contribution >= 0.6 is 0 Å². The maximum absolute atomic E-state index is 11.3. The second-order valence-corrected chi connectivity index (χ2v) is 8.61. The smallest absolute Gasteiger partial charge is 0.227 e. The van der Waals surface area contributed by atoms with Crippen LogP contribution in [0, 0.1) is 0 Å². The van der Waals surface area contributed by atoms with Gasteiger partial charge in [0.1, 0.15) is 0 Å². The maximum atomic E-state index is 11.3. The lowest BCUT2D eigenvalue weighted by molar-refractivity contribution is -0.114. The molecular formula is C28H22N6O. The molecular weight excluding hydrogens is 436 g/mol. The first-order chi connectivity index (χ1) is 17.1. The quantitative estimate of drug-likeness (QED) is 0.411. The van der Waals surface area contributed by atoms with E-state index in [9.17, 15) is 4.79 Å². The Morgan fingerprint density at radius 1 is 0.743 bits per heavy atom. The van der Waals surface area contributed by atoms with Crippen molar-refractivity contribution in [1.82, 2.24) is 9.97 Å². The molecule has 0 unspecified atom stereocenters. The van der Waals surface area contributed by atoms with Gasteiger partial charge >= 0.3 is 0 Å². The first-order valence-corrected chi connectivity index (χ1v) is 11.4. The Kier molecular flexibility index (Phi) is 5.15. The molecule has 0 saturated carbocycles. The van der Waals surface area contributed by atoms with Gasteiger partial charge in [-0.1, -0.05) is 36.4 Å². The van der Waals surface area contributed by atoms with Crippen LogP contribution in [0.5, 0.6) is 0 Å². The summed E-state index contributed by atoms with van der Waals surface area (Å²) in [6.07, 6.45) is 5.00. The van der Waals surface area contributed by atoms with Crippen molar-refractivity contribution in [2.24, 2.45) is 9.98 Å². The number of rotatable bonds is 5. The predicted octanol–water partition coefficient (Wildman–Crippen LogP) is 5.53. The largest absolute Gasteiger partial charge is 0.326 e. The lowest BCUT2D eigenvalue weighted by Gasteiger charge is -2.05. The van der Waals surface area contributed by atoms with Gasteiger partial charge in [0.2, 0.25) is 11.9 Å². The van der Waals surface area contributed by atoms with Crippen LogP contribution in [0.1, 0.15) is 29.2 Å². The molecule has 6 rings (SSSR count). The van der Waals surface area contributed by atoms with Crippen molar-refractivity contribution in [2.45, 2.75) is 19.8 Å². The average Bonchev–Trinajstić information content (AvgIpc) is 3.48. The fourth-order valence-corrected chi connectivity index (χ4v) is 4.41. The number of aliphatic imine (C=N–C) groups is 2. The molecule has 3 aromatic carbocycles. The van der Waals surface area contributed by atoms with Crippen LogP contribution in [0.15, 0.2) is 89.1 Å². The minimum atomic E-state index is -0.0857. The van der Waals surface area contributed by atoms with Crippen molar-refractivity contribution in [2.75, 3.05) is 10.6 Å². The summed E-state index contributed by atoms with van der Waals surface area (Å²) in [5.41, 5.74) is 10.2. The van der Waals surface area contributed by atoms with E-state index in [0.29, 0.717) is 5.95 Å². The summed E-state index contributed by atoms with van der Waals surface area (Å²) in [5.74, 6) is 0.478. The molecule has 1 aromatic heterocycles. The lowest BCUT2D eigenvalue weighted by Crippen LogP contribution is -2.05. The summed E-state index contributed by atoms with van der Waals surface area (Å²) < 4.78 is 0. The highest BCUT2D eigenvalue weighted by atomic mass is 16.1. The summed E-state index contributed by atoms with van der Waals surface area (Å²) >= 11 is 0. The molecule has 0 atom stereocenters. The van der Waals surface area contributed by atoms with Crippen LogP contribution in [0.3, 0.4) is 0 Å². The second kappa shape index (κ2) is 8.61. The first kappa shape index (κ1) is 20.9. The number of benzene rings is 3. The van der Waals surface area contributed by atoms with Gasteiger partial charge in [0.15, 0.2) is 0 Å². The van der Waals surface area contributed by atoms with E-state index in [-0.39, 0.29) is 5.91 Å². The molecule has 0 radical (unpaired) electrons. The zero-order valence-electron chi connectivity index (χ0n) is 19.1. The molecule has 1 amide bonds. The Morgan fingerprint density at radius 3 is 1.86 bits per heavy atom. The monoisotopic (exact) mass is 458 g/mol. The fourth-order valence-electron chi connectivity index (χ4n) is 4.41. The molecule has 2 aliphatic rings. The van der Waals surface area contributed by atoms with Crippen molar-refractivity contribution in [3.8, 4) is 0 Å². The van der Waals surface area contributed by atoms with Crippen LogP contribution in [-0.2, 0) is 17.6 Å². The molecule has 4 aromatic rings. The number of aromatic nitrogens is 2. The lowest BCUT2D eigenvalue weighted by atomic mass is 9.99. The molecule has 0 bridgehead atoms. The molecule has 2 aliphatic heterocycles. The summed E-state index contributed by atoms with van der Waals surface area (Å²) in [7, 11) is 0. The van der Waals surface area contributed by atoms with Gasteiger partial charge in [-0.2, -0.15) is 0 Å². The molecule has 7 heteroatoms. The Hall–Kier alpha value is -4.65. The molecule has 2 N–H and O–H groups in total. The van der Waals surface area contributed by atoms with E-state index in [1.54, 1.807) is 18.5 Å². The SMILES string of the molecule is CC(=O)Nc1ccc2c(c1)N=C(c1ccc(C3=Nc4cc(Nc5ncccn5)ccc4C3)cc1)C2. The van der Waals surface area contributed by atoms with Crippen molar-refractivity contribution >= 4 is 46.0 Å². The van der Waals surface area contributed by atoms with Gasteiger partial charge in [0, 0.05) is 43.5 Å². The summed E-state index contributed by atoms with van der Waals surface area (Å²) in [6.45, 7) is 1.51. The van der Waals surface area contributed by atoms with E-state index in [2.05, 4.69) is 50.9 Å². The molecule has 3 heterocycles. The average molecular weight is 459 g/mol. The van der Waals surface area contributed by atoms with Crippen LogP contribution in [0.4, 0.5) is 28.7 Å². The van der Waals surface area contributed by atoms with E-state index in [1.165, 1.54) is 18.1 Å². The number of fused-ring (bicyclic) bond motifs is 2. The van der Waals surface area contributed by atoms with Gasteiger partial charge in [-0.3, -0.25) is 14.8 Å². The van der Waals surface area contributed by atoms with Crippen molar-refractivity contribution < 1.29 is 4.79 Å². The van der Waals surface area contributed by atoms with Crippen molar-refractivity contribution in [3.05, 3.63) is 101 Å². The number of hydrogen-bond acceptors (Lipinski definition) is 6. The topological polar surface area (TPSA) is 91.6 Å². The number of nitrogens with one attached hydrogen (secondary N) is 2. The number of nitrogens with zero attached hydrogens (tertiary/aromatic N) is 4. The third kappa shape index (κ3) is 4.31. The first-order valence-electron chi connectivity index (χ1n) is 11.4. The van der Waals surface area contributed by atoms with Gasteiger partial charge < -0.3 is 10.6 Å². The van der Waals surface area contributed by atoms with Gasteiger partial charge in [0.25, 0.3) is 0 Å². The van der Waals surface area contributed by atoms with Crippen LogP contribution in [0.2, 0.25) is 0 Å². The fraction of sp³-hybridized carbons (Fsp3) is 0.107. The minimum Gasteiger partial charge on any atom is -0.326 e. The number of anilines is 3. The Balaban J connectivity index is 1.19. The Labute approximate surface area is 202 Å². The molecule has 7 nitrogen and oxygen atoms in total. The molecule has 35 heavy (non-hydrogen) atoms. The molecule has 0 spiro atoms. The Bertz CT molecular complexity index is 1510. The highest BCUT2D eigenvalue weighted by Gasteiger charge is 2.19. The van der Waals surface area contributed by atoms with Gasteiger partial charge in [0.05, 0.1) is 22.8 Å². The predicted molar refractivity (Wildman–Crippen MR) is 139 cm³/mol. The van der Waals surface area contributed by atoms with E-state index in [1.807, 2.05) is 30.3 Å². The van der Waals surface area contributed by atoms with Crippen LogP contribution in [-0.4, -0.2) is 27.3 Å². The molecule has 0 saturated heterocycles. The zero-order chi connectivity index (χ0) is 23.8. The number of carbonyl (C=O) groups is 1. The van der Waals surface area contributed by atoms with E-state index < -0.39 is 0 Å². The summed E-state index contributed by atoms with van der Waals surface area (Å²) in [5, 5.41) is 6.04. The van der Waals surface area contributed by atoms with Gasteiger partial charge in [-0.15, -0.1) is 0 Å². The van der Waals surface area contributed by atoms with E-state index in [0.717, 1.165) is 58.1 Å². The maximum Gasteiger partial charge on any atom is 0.227 e. The molecule has 170 valence electrons. The third-order valence-electron chi connectivity index (χ3n) is 6.09. The molecule has 0 fully saturated rings. The number of hydrogen-bond donors (Lipinski definition) is 2. The van der Waals surface area contributed by atoms with Crippen LogP contribution in [0.25, 0.3) is 0 Å². The minimum absolute atomic E-state index is 0.0857. The standard InChI is InChI=1S/C28H22N6O/c1-17(35)31-22-9-7-20-13-24(33-26(20)15-22)18-3-5-19(6-4-18)25-14-21-8-10-23(16-27(21)34-25)32-28-29-11-2-12-30-28/h2-12,15-16H,13-14H2,1H3,(H,31,35)(H,29,30,32). The molecule has 0 aliphatic carbocycles. The van der Waals surface area contributed by atoms with Gasteiger partial charge in [-0.25, -0.2) is 9.97 Å². The van der Waals surface area contributed by atoms with Crippen LogP contribution < -0.4 is 10.6 Å².